The van der Waals surface area contributed by atoms with E-state index >= 15 is 0 Å². The first-order valence-electron chi connectivity index (χ1n) is 1.91. The van der Waals surface area contributed by atoms with Crippen molar-refractivity contribution in [2.75, 3.05) is 0 Å². The fraction of sp³-hybridized carbons (Fsp3) is 1.00. The van der Waals surface area contributed by atoms with Crippen LogP contribution >= 0.6 is 0 Å². The summed E-state index contributed by atoms with van der Waals surface area (Å²) in [7, 11) is 0. The fourth-order valence-corrected chi connectivity index (χ4v) is 0. The standard InChI is InChI=1S/C4H10.Cu.Li.H/c1-3-4-2;;;/h3-4H2,1-2H3;;;. The number of hydrogen-bond donors (Lipinski definition) is 0. The van der Waals surface area contributed by atoms with E-state index in [1.165, 1.54) is 12.8 Å². The van der Waals surface area contributed by atoms with Crippen LogP contribution in [0.3, 0.4) is 0 Å². The van der Waals surface area contributed by atoms with E-state index in [9.17, 15) is 0 Å². The van der Waals surface area contributed by atoms with Crippen molar-refractivity contribution in [3.05, 3.63) is 0 Å². The predicted molar refractivity (Wildman–Crippen MR) is 27.7 cm³/mol. The van der Waals surface area contributed by atoms with Gasteiger partial charge >= 0.3 is 18.9 Å². The van der Waals surface area contributed by atoms with Gasteiger partial charge < -0.3 is 0 Å². The van der Waals surface area contributed by atoms with Gasteiger partial charge in [-0.1, -0.05) is 26.7 Å². The molecule has 0 rings (SSSR count). The SMILES string of the molecule is CCCC.[Cu].[LiH]. The predicted octanol–water partition coefficient (Wildman–Crippen LogP) is 1.16. The Labute approximate surface area is 62.7 Å². The summed E-state index contributed by atoms with van der Waals surface area (Å²) in [5.74, 6) is 0. The van der Waals surface area contributed by atoms with Crippen molar-refractivity contribution in [3.63, 3.8) is 0 Å². The zero-order valence-electron chi connectivity index (χ0n) is 3.72. The van der Waals surface area contributed by atoms with Crippen molar-refractivity contribution >= 4 is 18.9 Å². The van der Waals surface area contributed by atoms with Crippen molar-refractivity contribution < 1.29 is 17.1 Å². The van der Waals surface area contributed by atoms with Gasteiger partial charge in [-0.15, -0.1) is 0 Å². The van der Waals surface area contributed by atoms with Crippen molar-refractivity contribution in [1.29, 1.82) is 0 Å². The van der Waals surface area contributed by atoms with Crippen LogP contribution in [0.1, 0.15) is 26.7 Å². The topological polar surface area (TPSA) is 0 Å². The normalized spacial score (nSPS) is 5.00. The molecule has 0 saturated heterocycles. The molecule has 0 aromatic carbocycles. The second-order valence-electron chi connectivity index (χ2n) is 1.000. The van der Waals surface area contributed by atoms with Crippen LogP contribution in [0, 0.1) is 0 Å². The molecule has 0 aliphatic carbocycles. The summed E-state index contributed by atoms with van der Waals surface area (Å²) < 4.78 is 0. The Balaban J connectivity index is -0.0000000450. The van der Waals surface area contributed by atoms with Crippen LogP contribution in [0.25, 0.3) is 0 Å². The van der Waals surface area contributed by atoms with Gasteiger partial charge in [0, 0.05) is 17.1 Å². The molecule has 0 unspecified atom stereocenters. The first-order valence-corrected chi connectivity index (χ1v) is 1.91. The van der Waals surface area contributed by atoms with Gasteiger partial charge in [0.05, 0.1) is 0 Å². The van der Waals surface area contributed by atoms with Crippen molar-refractivity contribution in [1.82, 2.24) is 0 Å². The summed E-state index contributed by atoms with van der Waals surface area (Å²) in [6.45, 7) is 4.36. The van der Waals surface area contributed by atoms with Crippen molar-refractivity contribution in [3.8, 4) is 0 Å². The summed E-state index contributed by atoms with van der Waals surface area (Å²) in [6, 6.07) is 0. The third-order valence-electron chi connectivity index (χ3n) is 0.500. The average molecular weight is 130 g/mol. The second-order valence-corrected chi connectivity index (χ2v) is 1.000. The number of unbranched alkanes of at least 4 members (excludes halogenated alkanes) is 1. The minimum absolute atomic E-state index is 0. The Kier molecular flexibility index (Phi) is 43.2. The van der Waals surface area contributed by atoms with Crippen LogP contribution in [0.2, 0.25) is 0 Å². The van der Waals surface area contributed by atoms with Crippen LogP contribution < -0.4 is 0 Å². The summed E-state index contributed by atoms with van der Waals surface area (Å²) in [5, 5.41) is 0. The molecule has 0 saturated carbocycles. The van der Waals surface area contributed by atoms with E-state index in [2.05, 4.69) is 13.8 Å². The minimum atomic E-state index is 0. The Bertz CT molecular complexity index is 9.51. The van der Waals surface area contributed by atoms with E-state index in [0.717, 1.165) is 0 Å². The summed E-state index contributed by atoms with van der Waals surface area (Å²) in [4.78, 5) is 0. The molecular weight excluding hydrogens is 119 g/mol. The zero-order valence-corrected chi connectivity index (χ0v) is 4.66. The van der Waals surface area contributed by atoms with Crippen LogP contribution in [0.5, 0.6) is 0 Å². The third-order valence-corrected chi connectivity index (χ3v) is 0.500. The molecule has 39 valence electrons. The van der Waals surface area contributed by atoms with Gasteiger partial charge in [0.15, 0.2) is 0 Å². The Morgan fingerprint density at radius 3 is 1.17 bits per heavy atom. The molecule has 1 radical (unpaired) electrons. The van der Waals surface area contributed by atoms with E-state index in [-0.39, 0.29) is 35.9 Å². The number of hydrogen-bond acceptors (Lipinski definition) is 0. The number of rotatable bonds is 1. The quantitative estimate of drug-likeness (QED) is 0.466. The Morgan fingerprint density at radius 1 is 1.00 bits per heavy atom. The van der Waals surface area contributed by atoms with Gasteiger partial charge in [0.1, 0.15) is 0 Å². The molecule has 0 atom stereocenters. The van der Waals surface area contributed by atoms with Crippen LogP contribution in [-0.2, 0) is 17.1 Å². The van der Waals surface area contributed by atoms with Crippen molar-refractivity contribution in [2.24, 2.45) is 0 Å². The molecule has 0 heterocycles. The van der Waals surface area contributed by atoms with E-state index in [1.54, 1.807) is 0 Å². The van der Waals surface area contributed by atoms with Gasteiger partial charge in [-0.05, 0) is 0 Å². The molecule has 6 heavy (non-hydrogen) atoms. The monoisotopic (exact) mass is 129 g/mol. The average Bonchev–Trinajstić information content (AvgIpc) is 1.37. The van der Waals surface area contributed by atoms with Gasteiger partial charge in [-0.2, -0.15) is 0 Å². The molecule has 0 N–H and O–H groups in total. The Morgan fingerprint density at radius 2 is 1.17 bits per heavy atom. The van der Waals surface area contributed by atoms with Crippen molar-refractivity contribution in [2.45, 2.75) is 26.7 Å². The summed E-state index contributed by atoms with van der Waals surface area (Å²) in [6.07, 6.45) is 2.64. The van der Waals surface area contributed by atoms with Crippen LogP contribution in [0.15, 0.2) is 0 Å². The van der Waals surface area contributed by atoms with E-state index in [0.29, 0.717) is 0 Å². The molecule has 0 nitrogen and oxygen atoms in total. The first-order chi connectivity index (χ1) is 1.91. The second kappa shape index (κ2) is 16.5. The maximum atomic E-state index is 2.18. The summed E-state index contributed by atoms with van der Waals surface area (Å²) in [5.41, 5.74) is 0. The van der Waals surface area contributed by atoms with Crippen LogP contribution in [-0.4, -0.2) is 18.9 Å². The molecule has 2 heteroatoms. The van der Waals surface area contributed by atoms with Gasteiger partial charge in [0.25, 0.3) is 0 Å². The Hall–Kier alpha value is 1.12. The third kappa shape index (κ3) is 19.4. The van der Waals surface area contributed by atoms with E-state index in [4.69, 9.17) is 0 Å². The molecule has 0 aromatic heterocycles. The molecule has 0 aromatic rings. The molecule has 0 spiro atoms. The maximum absolute atomic E-state index is 2.18. The molecular formula is C4H11CuLi. The molecule has 0 aliphatic rings. The van der Waals surface area contributed by atoms with Gasteiger partial charge in [0.2, 0.25) is 0 Å². The van der Waals surface area contributed by atoms with E-state index < -0.39 is 0 Å². The molecule has 0 amide bonds. The molecule has 0 fully saturated rings. The summed E-state index contributed by atoms with van der Waals surface area (Å²) >= 11 is 0. The van der Waals surface area contributed by atoms with Gasteiger partial charge in [-0.25, -0.2) is 0 Å². The molecule has 0 aliphatic heterocycles. The zero-order chi connectivity index (χ0) is 3.41. The first kappa shape index (κ1) is 15.7. The van der Waals surface area contributed by atoms with Gasteiger partial charge in [-0.3, -0.25) is 0 Å². The van der Waals surface area contributed by atoms with Crippen LogP contribution in [0.4, 0.5) is 0 Å². The fourth-order valence-electron chi connectivity index (χ4n) is 0. The molecule has 0 bridgehead atoms. The van der Waals surface area contributed by atoms with E-state index in [1.807, 2.05) is 0 Å².